The first-order valence-corrected chi connectivity index (χ1v) is 11.0. The molecule has 0 spiro atoms. The number of halogens is 1. The summed E-state index contributed by atoms with van der Waals surface area (Å²) < 4.78 is 40.6. The van der Waals surface area contributed by atoms with Gasteiger partial charge in [0.25, 0.3) is 0 Å². The van der Waals surface area contributed by atoms with Crippen LogP contribution in [0.25, 0.3) is 11.1 Å². The summed E-state index contributed by atoms with van der Waals surface area (Å²) in [5, 5.41) is -0.663. The maximum Gasteiger partial charge on any atom is 0.185 e. The molecule has 0 heterocycles. The molecule has 28 heavy (non-hydrogen) atoms. The summed E-state index contributed by atoms with van der Waals surface area (Å²) in [5.74, 6) is -0.434. The van der Waals surface area contributed by atoms with Crippen molar-refractivity contribution >= 4 is 9.84 Å². The van der Waals surface area contributed by atoms with E-state index < -0.39 is 20.9 Å². The Morgan fingerprint density at radius 1 is 0.786 bits per heavy atom. The molecular formula is C24H19FO2S. The molecule has 1 atom stereocenters. The number of hydrogen-bond acceptors (Lipinski definition) is 2. The van der Waals surface area contributed by atoms with Crippen LogP contribution in [0.5, 0.6) is 0 Å². The minimum Gasteiger partial charge on any atom is -0.223 e. The number of sulfone groups is 1. The fourth-order valence-corrected chi connectivity index (χ4v) is 6.29. The zero-order valence-electron chi connectivity index (χ0n) is 15.2. The normalized spacial score (nSPS) is 17.5. The molecule has 5 rings (SSSR count). The fraction of sp³-hybridized carbons (Fsp3) is 0.167. The first-order chi connectivity index (χ1) is 13.6. The summed E-state index contributed by atoms with van der Waals surface area (Å²) in [7, 11) is -3.66. The van der Waals surface area contributed by atoms with E-state index in [0.29, 0.717) is 6.42 Å². The lowest BCUT2D eigenvalue weighted by Gasteiger charge is -2.31. The minimum absolute atomic E-state index is 0.174. The second kappa shape index (κ2) is 6.42. The Labute approximate surface area is 164 Å². The van der Waals surface area contributed by atoms with Crippen molar-refractivity contribution in [2.75, 3.05) is 0 Å². The molecule has 2 aliphatic rings. The lowest BCUT2D eigenvalue weighted by atomic mass is 9.79. The van der Waals surface area contributed by atoms with Crippen LogP contribution in [0.3, 0.4) is 0 Å². The lowest BCUT2D eigenvalue weighted by molar-refractivity contribution is 0.578. The van der Waals surface area contributed by atoms with Crippen LogP contribution in [-0.4, -0.2) is 8.42 Å². The van der Waals surface area contributed by atoms with E-state index in [1.165, 1.54) is 29.8 Å². The minimum atomic E-state index is -3.66. The van der Waals surface area contributed by atoms with Crippen LogP contribution in [0.15, 0.2) is 77.7 Å². The molecule has 4 heteroatoms. The third-order valence-corrected chi connectivity index (χ3v) is 7.91. The van der Waals surface area contributed by atoms with Gasteiger partial charge in [0.2, 0.25) is 0 Å². The number of rotatable bonds is 2. The van der Waals surface area contributed by atoms with Crippen molar-refractivity contribution < 1.29 is 12.8 Å². The van der Waals surface area contributed by atoms with E-state index in [0.717, 1.165) is 40.7 Å². The van der Waals surface area contributed by atoms with Crippen LogP contribution < -0.4 is 0 Å². The van der Waals surface area contributed by atoms with Gasteiger partial charge in [0.05, 0.1) is 10.1 Å². The number of hydrogen-bond donors (Lipinski definition) is 0. The molecule has 140 valence electrons. The smallest absolute Gasteiger partial charge is 0.185 e. The average Bonchev–Trinajstić information content (AvgIpc) is 2.73. The third-order valence-electron chi connectivity index (χ3n) is 5.83. The van der Waals surface area contributed by atoms with Gasteiger partial charge in [0.15, 0.2) is 9.84 Å². The van der Waals surface area contributed by atoms with Crippen molar-refractivity contribution in [3.8, 4) is 11.1 Å². The average molecular weight is 390 g/mol. The molecule has 0 N–H and O–H groups in total. The van der Waals surface area contributed by atoms with E-state index in [9.17, 15) is 12.8 Å². The monoisotopic (exact) mass is 390 g/mol. The molecule has 0 saturated carbocycles. The molecule has 0 aromatic heterocycles. The van der Waals surface area contributed by atoms with Crippen LogP contribution in [-0.2, 0) is 29.1 Å². The van der Waals surface area contributed by atoms with Gasteiger partial charge < -0.3 is 0 Å². The highest BCUT2D eigenvalue weighted by molar-refractivity contribution is 7.91. The molecule has 1 unspecified atom stereocenters. The highest BCUT2D eigenvalue weighted by atomic mass is 32.2. The molecular weight excluding hydrogens is 371 g/mol. The summed E-state index contributed by atoms with van der Waals surface area (Å²) in [5.41, 5.74) is 6.40. The van der Waals surface area contributed by atoms with Crippen molar-refractivity contribution in [2.24, 2.45) is 0 Å². The predicted molar refractivity (Wildman–Crippen MR) is 108 cm³/mol. The topological polar surface area (TPSA) is 34.1 Å². The van der Waals surface area contributed by atoms with Gasteiger partial charge in [-0.2, -0.15) is 0 Å². The first kappa shape index (κ1) is 17.4. The van der Waals surface area contributed by atoms with Crippen LogP contribution in [0.4, 0.5) is 4.39 Å². The Morgan fingerprint density at radius 2 is 1.54 bits per heavy atom. The summed E-state index contributed by atoms with van der Waals surface area (Å²) >= 11 is 0. The van der Waals surface area contributed by atoms with Gasteiger partial charge in [-0.15, -0.1) is 0 Å². The first-order valence-electron chi connectivity index (χ1n) is 9.43. The molecule has 0 bridgehead atoms. The maximum atomic E-state index is 13.6. The molecule has 3 aromatic carbocycles. The maximum absolute atomic E-state index is 13.6. The number of benzene rings is 3. The molecule has 2 nitrogen and oxygen atoms in total. The van der Waals surface area contributed by atoms with Gasteiger partial charge in [-0.25, -0.2) is 12.8 Å². The highest BCUT2D eigenvalue weighted by Crippen LogP contribution is 2.47. The van der Waals surface area contributed by atoms with Crippen molar-refractivity contribution in [3.63, 3.8) is 0 Å². The second-order valence-corrected chi connectivity index (χ2v) is 9.52. The number of allylic oxidation sites excluding steroid dienone is 2. The van der Waals surface area contributed by atoms with E-state index >= 15 is 0 Å². The van der Waals surface area contributed by atoms with E-state index in [2.05, 4.69) is 30.4 Å². The van der Waals surface area contributed by atoms with Crippen LogP contribution in [0, 0.1) is 5.82 Å². The summed E-state index contributed by atoms with van der Waals surface area (Å²) in [6.45, 7) is 0. The number of fused-ring (bicyclic) bond motifs is 5. The second-order valence-electron chi connectivity index (χ2n) is 7.39. The van der Waals surface area contributed by atoms with Gasteiger partial charge in [0, 0.05) is 0 Å². The van der Waals surface area contributed by atoms with Crippen LogP contribution >= 0.6 is 0 Å². The molecule has 0 saturated heterocycles. The molecule has 0 aliphatic heterocycles. The Hall–Kier alpha value is -2.72. The SMILES string of the molecule is O=S(=O)(c1ccc(F)cc1)C1Cc2ccccc2-c2ccc3c(c21)CC=CC3. The molecule has 0 fully saturated rings. The Bertz CT molecular complexity index is 1210. The van der Waals surface area contributed by atoms with E-state index in [1.807, 2.05) is 18.2 Å². The summed E-state index contributed by atoms with van der Waals surface area (Å²) in [6.07, 6.45) is 6.26. The van der Waals surface area contributed by atoms with Crippen molar-refractivity contribution in [1.29, 1.82) is 0 Å². The van der Waals surface area contributed by atoms with Crippen molar-refractivity contribution in [2.45, 2.75) is 29.4 Å². The molecule has 3 aromatic rings. The Morgan fingerprint density at radius 3 is 2.36 bits per heavy atom. The highest BCUT2D eigenvalue weighted by Gasteiger charge is 2.37. The van der Waals surface area contributed by atoms with E-state index in [1.54, 1.807) is 0 Å². The van der Waals surface area contributed by atoms with E-state index in [-0.39, 0.29) is 4.90 Å². The quantitative estimate of drug-likeness (QED) is 0.444. The van der Waals surface area contributed by atoms with Crippen molar-refractivity contribution in [1.82, 2.24) is 0 Å². The van der Waals surface area contributed by atoms with Crippen LogP contribution in [0.1, 0.15) is 27.5 Å². The predicted octanol–water partition coefficient (Wildman–Crippen LogP) is 5.22. The molecule has 2 aliphatic carbocycles. The van der Waals surface area contributed by atoms with Gasteiger partial charge in [-0.3, -0.25) is 0 Å². The largest absolute Gasteiger partial charge is 0.223 e. The standard InChI is InChI=1S/C24H19FO2S/c25-18-10-12-19(13-11-18)28(26,27)23-15-17-6-2-3-7-20(17)22-14-9-16-5-1-4-8-21(16)24(22)23/h1-4,6-7,9-14,23H,5,8,15H2. The lowest BCUT2D eigenvalue weighted by Crippen LogP contribution is -2.23. The zero-order valence-corrected chi connectivity index (χ0v) is 16.0. The summed E-state index contributed by atoms with van der Waals surface area (Å²) in [4.78, 5) is 0.174. The van der Waals surface area contributed by atoms with Gasteiger partial charge in [-0.05, 0) is 76.9 Å². The van der Waals surface area contributed by atoms with Crippen LogP contribution in [0.2, 0.25) is 0 Å². The Balaban J connectivity index is 1.76. The molecule has 0 radical (unpaired) electrons. The fourth-order valence-electron chi connectivity index (χ4n) is 4.47. The van der Waals surface area contributed by atoms with Gasteiger partial charge in [0.1, 0.15) is 5.82 Å². The zero-order chi connectivity index (χ0) is 19.3. The van der Waals surface area contributed by atoms with Gasteiger partial charge in [-0.1, -0.05) is 48.6 Å². The van der Waals surface area contributed by atoms with Gasteiger partial charge >= 0.3 is 0 Å². The van der Waals surface area contributed by atoms with E-state index in [4.69, 9.17) is 0 Å². The molecule has 0 amide bonds. The summed E-state index contributed by atoms with van der Waals surface area (Å²) in [6, 6.07) is 17.4. The van der Waals surface area contributed by atoms with Crippen molar-refractivity contribution in [3.05, 3.63) is 101 Å². The Kier molecular flexibility index (Phi) is 3.98. The third kappa shape index (κ3) is 2.63.